The normalized spacial score (nSPS) is 10.2. The second-order valence-electron chi connectivity index (χ2n) is 4.45. The lowest BCUT2D eigenvalue weighted by Gasteiger charge is -2.09. The monoisotopic (exact) mass is 306 g/mol. The molecule has 2 rings (SSSR count). The minimum Gasteiger partial charge on any atom is -0.495 e. The maximum absolute atomic E-state index is 11.4. The van der Waals surface area contributed by atoms with Gasteiger partial charge in [-0.1, -0.05) is 6.07 Å². The minimum atomic E-state index is -0.262. The van der Waals surface area contributed by atoms with Gasteiger partial charge in [0.2, 0.25) is 0 Å². The average Bonchev–Trinajstić information content (AvgIpc) is 2.86. The van der Waals surface area contributed by atoms with Gasteiger partial charge < -0.3 is 14.8 Å². The summed E-state index contributed by atoms with van der Waals surface area (Å²) in [5, 5.41) is 5.79. The Labute approximate surface area is 127 Å². The summed E-state index contributed by atoms with van der Waals surface area (Å²) < 4.78 is 10.2. The van der Waals surface area contributed by atoms with Crippen LogP contribution in [0.4, 0.5) is 10.8 Å². The third-order valence-corrected chi connectivity index (χ3v) is 3.59. The first-order valence-electron chi connectivity index (χ1n) is 6.64. The van der Waals surface area contributed by atoms with Crippen LogP contribution in [0.5, 0.6) is 5.75 Å². The van der Waals surface area contributed by atoms with E-state index in [9.17, 15) is 4.79 Å². The molecule has 0 atom stereocenters. The number of rotatable bonds is 6. The van der Waals surface area contributed by atoms with Gasteiger partial charge in [-0.2, -0.15) is 0 Å². The zero-order chi connectivity index (χ0) is 15.2. The molecule has 0 radical (unpaired) electrons. The number of ether oxygens (including phenoxy) is 2. The van der Waals surface area contributed by atoms with E-state index in [1.54, 1.807) is 14.0 Å². The Hall–Kier alpha value is -2.08. The van der Waals surface area contributed by atoms with Crippen molar-refractivity contribution in [2.24, 2.45) is 0 Å². The fourth-order valence-electron chi connectivity index (χ4n) is 1.84. The summed E-state index contributed by atoms with van der Waals surface area (Å²) in [5.41, 5.74) is 2.68. The second kappa shape index (κ2) is 7.08. The molecule has 0 amide bonds. The van der Waals surface area contributed by atoms with Crippen LogP contribution in [0, 0.1) is 6.92 Å². The van der Waals surface area contributed by atoms with Gasteiger partial charge >= 0.3 is 5.97 Å². The molecule has 0 fully saturated rings. The summed E-state index contributed by atoms with van der Waals surface area (Å²) in [6.45, 7) is 4.18. The molecule has 112 valence electrons. The van der Waals surface area contributed by atoms with Gasteiger partial charge in [-0.05, 0) is 31.5 Å². The number of benzene rings is 1. The maximum atomic E-state index is 11.4. The first-order chi connectivity index (χ1) is 10.1. The quantitative estimate of drug-likeness (QED) is 0.830. The Bertz CT molecular complexity index is 625. The SMILES string of the molecule is CCOC(=O)Cc1csc(Nc2cc(C)ccc2OC)n1. The predicted octanol–water partition coefficient (Wildman–Crippen LogP) is 3.31. The van der Waals surface area contributed by atoms with Crippen LogP contribution in [0.25, 0.3) is 0 Å². The predicted molar refractivity (Wildman–Crippen MR) is 83.5 cm³/mol. The number of nitrogens with zero attached hydrogens (tertiary/aromatic N) is 1. The molecule has 0 aliphatic heterocycles. The van der Waals surface area contributed by atoms with E-state index in [2.05, 4.69) is 10.3 Å². The number of carbonyl (C=O) groups excluding carboxylic acids is 1. The summed E-state index contributed by atoms with van der Waals surface area (Å²) in [7, 11) is 1.63. The largest absolute Gasteiger partial charge is 0.495 e. The van der Waals surface area contributed by atoms with E-state index in [0.717, 1.165) is 22.1 Å². The highest BCUT2D eigenvalue weighted by Gasteiger charge is 2.10. The smallest absolute Gasteiger partial charge is 0.311 e. The summed E-state index contributed by atoms with van der Waals surface area (Å²) >= 11 is 1.44. The molecule has 0 aliphatic carbocycles. The van der Waals surface area contributed by atoms with Crippen LogP contribution in [0.3, 0.4) is 0 Å². The van der Waals surface area contributed by atoms with Crippen LogP contribution in [0.1, 0.15) is 18.2 Å². The van der Waals surface area contributed by atoms with E-state index in [-0.39, 0.29) is 12.4 Å². The van der Waals surface area contributed by atoms with Gasteiger partial charge in [0.25, 0.3) is 0 Å². The van der Waals surface area contributed by atoms with Crippen molar-refractivity contribution in [1.29, 1.82) is 0 Å². The molecular formula is C15H18N2O3S. The van der Waals surface area contributed by atoms with E-state index >= 15 is 0 Å². The molecule has 21 heavy (non-hydrogen) atoms. The van der Waals surface area contributed by atoms with Crippen molar-refractivity contribution in [3.05, 3.63) is 34.8 Å². The molecule has 5 nitrogen and oxygen atoms in total. The van der Waals surface area contributed by atoms with Crippen molar-refractivity contribution in [1.82, 2.24) is 4.98 Å². The molecular weight excluding hydrogens is 288 g/mol. The van der Waals surface area contributed by atoms with Crippen LogP contribution in [0.15, 0.2) is 23.6 Å². The molecule has 1 aromatic heterocycles. The molecule has 2 aromatic rings. The summed E-state index contributed by atoms with van der Waals surface area (Å²) in [6.07, 6.45) is 0.191. The van der Waals surface area contributed by atoms with Crippen molar-refractivity contribution in [2.45, 2.75) is 20.3 Å². The zero-order valence-electron chi connectivity index (χ0n) is 12.3. The van der Waals surface area contributed by atoms with E-state index in [0.29, 0.717) is 12.3 Å². The first kappa shape index (κ1) is 15.3. The number of hydrogen-bond donors (Lipinski definition) is 1. The highest BCUT2D eigenvalue weighted by atomic mass is 32.1. The fourth-order valence-corrected chi connectivity index (χ4v) is 2.56. The Morgan fingerprint density at radius 1 is 1.43 bits per heavy atom. The van der Waals surface area contributed by atoms with Crippen LogP contribution in [-0.4, -0.2) is 24.7 Å². The first-order valence-corrected chi connectivity index (χ1v) is 7.52. The molecule has 0 unspecified atom stereocenters. The summed E-state index contributed by atoms with van der Waals surface area (Å²) in [6, 6.07) is 5.88. The number of hydrogen-bond acceptors (Lipinski definition) is 6. The molecule has 0 saturated heterocycles. The number of thiazole rings is 1. The van der Waals surface area contributed by atoms with Crippen molar-refractivity contribution in [3.63, 3.8) is 0 Å². The number of carbonyl (C=O) groups is 1. The Morgan fingerprint density at radius 3 is 2.95 bits per heavy atom. The summed E-state index contributed by atoms with van der Waals surface area (Å²) in [4.78, 5) is 15.8. The lowest BCUT2D eigenvalue weighted by atomic mass is 10.2. The van der Waals surface area contributed by atoms with Crippen molar-refractivity contribution >= 4 is 28.1 Å². The van der Waals surface area contributed by atoms with E-state index < -0.39 is 0 Å². The van der Waals surface area contributed by atoms with Gasteiger partial charge in [0.05, 0.1) is 31.5 Å². The lowest BCUT2D eigenvalue weighted by molar-refractivity contribution is -0.142. The van der Waals surface area contributed by atoms with Gasteiger partial charge in [0, 0.05) is 5.38 Å². The Morgan fingerprint density at radius 2 is 2.24 bits per heavy atom. The van der Waals surface area contributed by atoms with Crippen LogP contribution < -0.4 is 10.1 Å². The Kier molecular flexibility index (Phi) is 5.16. The van der Waals surface area contributed by atoms with Gasteiger partial charge in [-0.25, -0.2) is 4.98 Å². The van der Waals surface area contributed by atoms with Gasteiger partial charge in [-0.15, -0.1) is 11.3 Å². The molecule has 1 N–H and O–H groups in total. The highest BCUT2D eigenvalue weighted by molar-refractivity contribution is 7.13. The maximum Gasteiger partial charge on any atom is 0.311 e. The van der Waals surface area contributed by atoms with Gasteiger partial charge in [-0.3, -0.25) is 4.79 Å². The van der Waals surface area contributed by atoms with Crippen LogP contribution in [-0.2, 0) is 16.0 Å². The topological polar surface area (TPSA) is 60.5 Å². The standard InChI is InChI=1S/C15H18N2O3S/c1-4-20-14(18)8-11-9-21-15(16-11)17-12-7-10(2)5-6-13(12)19-3/h5-7,9H,4,8H2,1-3H3,(H,16,17). The average molecular weight is 306 g/mol. The molecule has 0 saturated carbocycles. The number of nitrogens with one attached hydrogen (secondary N) is 1. The molecule has 0 spiro atoms. The fraction of sp³-hybridized carbons (Fsp3) is 0.333. The molecule has 0 bridgehead atoms. The van der Waals surface area contributed by atoms with E-state index in [1.165, 1.54) is 11.3 Å². The van der Waals surface area contributed by atoms with Gasteiger partial charge in [0.15, 0.2) is 5.13 Å². The number of anilines is 2. The number of esters is 1. The second-order valence-corrected chi connectivity index (χ2v) is 5.31. The molecule has 0 aliphatic rings. The van der Waals surface area contributed by atoms with E-state index in [1.807, 2.05) is 30.5 Å². The molecule has 1 aromatic carbocycles. The highest BCUT2D eigenvalue weighted by Crippen LogP contribution is 2.30. The third kappa shape index (κ3) is 4.19. The van der Waals surface area contributed by atoms with E-state index in [4.69, 9.17) is 9.47 Å². The van der Waals surface area contributed by atoms with Crippen molar-refractivity contribution in [3.8, 4) is 5.75 Å². The number of methoxy groups -OCH3 is 1. The van der Waals surface area contributed by atoms with Crippen molar-refractivity contribution in [2.75, 3.05) is 19.0 Å². The number of aryl methyl sites for hydroxylation is 1. The Balaban J connectivity index is 2.09. The molecule has 1 heterocycles. The third-order valence-electron chi connectivity index (χ3n) is 2.78. The zero-order valence-corrected chi connectivity index (χ0v) is 13.1. The summed E-state index contributed by atoms with van der Waals surface area (Å²) in [5.74, 6) is 0.491. The minimum absolute atomic E-state index is 0.191. The van der Waals surface area contributed by atoms with Crippen LogP contribution in [0.2, 0.25) is 0 Å². The van der Waals surface area contributed by atoms with Crippen molar-refractivity contribution < 1.29 is 14.3 Å². The van der Waals surface area contributed by atoms with Gasteiger partial charge in [0.1, 0.15) is 5.75 Å². The molecule has 6 heteroatoms. The van der Waals surface area contributed by atoms with Crippen LogP contribution >= 0.6 is 11.3 Å². The number of aromatic nitrogens is 1. The lowest BCUT2D eigenvalue weighted by Crippen LogP contribution is -2.07.